The average molecular weight is 341 g/mol. The molecule has 0 aliphatic heterocycles. The number of thiazole rings is 1. The van der Waals surface area contributed by atoms with E-state index in [2.05, 4.69) is 27.8 Å². The van der Waals surface area contributed by atoms with Crippen LogP contribution in [0.15, 0.2) is 22.7 Å². The molecule has 0 saturated carbocycles. The molecular weight excluding hydrogens is 324 g/mol. The van der Waals surface area contributed by atoms with Gasteiger partial charge in [0.2, 0.25) is 0 Å². The van der Waals surface area contributed by atoms with Crippen molar-refractivity contribution in [3.63, 3.8) is 0 Å². The largest absolute Gasteiger partial charge is 0.496 e. The molecule has 0 aliphatic carbocycles. The van der Waals surface area contributed by atoms with Crippen LogP contribution >= 0.6 is 27.3 Å². The summed E-state index contributed by atoms with van der Waals surface area (Å²) in [6, 6.07) is 5.82. The van der Waals surface area contributed by atoms with Gasteiger partial charge in [0.05, 0.1) is 17.8 Å². The van der Waals surface area contributed by atoms with E-state index < -0.39 is 0 Å². The van der Waals surface area contributed by atoms with Crippen LogP contribution in [0.1, 0.15) is 27.2 Å². The molecule has 5 heteroatoms. The van der Waals surface area contributed by atoms with Gasteiger partial charge in [-0.3, -0.25) is 0 Å². The molecule has 1 heterocycles. The molecule has 102 valence electrons. The van der Waals surface area contributed by atoms with Gasteiger partial charge in [0.1, 0.15) is 5.75 Å². The first-order valence-electron chi connectivity index (χ1n) is 6.03. The second-order valence-corrected chi connectivity index (χ2v) is 6.65. The zero-order valence-corrected chi connectivity index (χ0v) is 13.6. The molecule has 0 spiro atoms. The van der Waals surface area contributed by atoms with Gasteiger partial charge >= 0.3 is 0 Å². The van der Waals surface area contributed by atoms with Gasteiger partial charge in [-0.05, 0) is 26.0 Å². The minimum atomic E-state index is -0.104. The normalized spacial score (nSPS) is 12.5. The summed E-state index contributed by atoms with van der Waals surface area (Å²) < 4.78 is 6.37. The highest BCUT2D eigenvalue weighted by Gasteiger charge is 2.15. The zero-order valence-electron chi connectivity index (χ0n) is 11.2. The lowest BCUT2D eigenvalue weighted by atomic mass is 10.0. The van der Waals surface area contributed by atoms with E-state index in [1.165, 1.54) is 4.88 Å². The Morgan fingerprint density at radius 2 is 2.16 bits per heavy atom. The standard InChI is InChI=1S/C14H17BrN2OS/c1-8-9(2)19-14(17-8)7-12(16)11-5-4-10(15)6-13(11)18-3/h4-6,12H,7,16H2,1-3H3. The Kier molecular flexibility index (Phi) is 4.60. The minimum Gasteiger partial charge on any atom is -0.496 e. The summed E-state index contributed by atoms with van der Waals surface area (Å²) >= 11 is 5.15. The van der Waals surface area contributed by atoms with Crippen LogP contribution in [0.5, 0.6) is 5.75 Å². The third-order valence-electron chi connectivity index (χ3n) is 3.06. The van der Waals surface area contributed by atoms with E-state index in [0.29, 0.717) is 0 Å². The van der Waals surface area contributed by atoms with Crippen molar-refractivity contribution >= 4 is 27.3 Å². The highest BCUT2D eigenvalue weighted by molar-refractivity contribution is 9.10. The number of aryl methyl sites for hydroxylation is 2. The van der Waals surface area contributed by atoms with Crippen molar-refractivity contribution in [2.45, 2.75) is 26.3 Å². The summed E-state index contributed by atoms with van der Waals surface area (Å²) in [6.45, 7) is 4.11. The third-order valence-corrected chi connectivity index (χ3v) is 4.65. The molecule has 1 unspecified atom stereocenters. The smallest absolute Gasteiger partial charge is 0.124 e. The first kappa shape index (κ1) is 14.5. The zero-order chi connectivity index (χ0) is 14.0. The van der Waals surface area contributed by atoms with Crippen LogP contribution in [0.2, 0.25) is 0 Å². The summed E-state index contributed by atoms with van der Waals surface area (Å²) in [5.41, 5.74) is 8.39. The summed E-state index contributed by atoms with van der Waals surface area (Å²) in [7, 11) is 1.66. The number of methoxy groups -OCH3 is 1. The van der Waals surface area contributed by atoms with E-state index in [0.717, 1.165) is 32.9 Å². The van der Waals surface area contributed by atoms with Crippen LogP contribution in [0, 0.1) is 13.8 Å². The second-order valence-electron chi connectivity index (χ2n) is 4.45. The lowest BCUT2D eigenvalue weighted by molar-refractivity contribution is 0.405. The monoisotopic (exact) mass is 340 g/mol. The summed E-state index contributed by atoms with van der Waals surface area (Å²) in [5.74, 6) is 0.812. The quantitative estimate of drug-likeness (QED) is 0.921. The predicted octanol–water partition coefficient (Wildman–Crippen LogP) is 3.77. The fourth-order valence-electron chi connectivity index (χ4n) is 1.92. The molecule has 1 aromatic carbocycles. The van der Waals surface area contributed by atoms with Gasteiger partial charge in [-0.2, -0.15) is 0 Å². The summed E-state index contributed by atoms with van der Waals surface area (Å²) in [4.78, 5) is 5.79. The van der Waals surface area contributed by atoms with Crippen molar-refractivity contribution in [3.8, 4) is 5.75 Å². The van der Waals surface area contributed by atoms with E-state index >= 15 is 0 Å². The lowest BCUT2D eigenvalue weighted by Crippen LogP contribution is -2.14. The molecule has 0 fully saturated rings. The Morgan fingerprint density at radius 1 is 1.42 bits per heavy atom. The van der Waals surface area contributed by atoms with Gasteiger partial charge in [-0.25, -0.2) is 4.98 Å². The molecule has 3 nitrogen and oxygen atoms in total. The number of ether oxygens (including phenoxy) is 1. The number of halogens is 1. The molecule has 2 aromatic rings. The lowest BCUT2D eigenvalue weighted by Gasteiger charge is -2.15. The molecule has 19 heavy (non-hydrogen) atoms. The van der Waals surface area contributed by atoms with Crippen molar-refractivity contribution in [1.29, 1.82) is 0 Å². The minimum absolute atomic E-state index is 0.104. The Bertz CT molecular complexity index is 563. The number of aromatic nitrogens is 1. The molecule has 1 aromatic heterocycles. The number of nitrogens with zero attached hydrogens (tertiary/aromatic N) is 1. The Hall–Kier alpha value is -0.910. The highest BCUT2D eigenvalue weighted by Crippen LogP contribution is 2.30. The van der Waals surface area contributed by atoms with Gasteiger partial charge in [0, 0.05) is 27.4 Å². The van der Waals surface area contributed by atoms with Crippen LogP contribution in [-0.2, 0) is 6.42 Å². The van der Waals surface area contributed by atoms with Gasteiger partial charge in [0.15, 0.2) is 0 Å². The summed E-state index contributed by atoms with van der Waals surface area (Å²) in [5, 5.41) is 1.08. The van der Waals surface area contributed by atoms with E-state index in [1.807, 2.05) is 25.1 Å². The highest BCUT2D eigenvalue weighted by atomic mass is 79.9. The van der Waals surface area contributed by atoms with Gasteiger partial charge in [-0.1, -0.05) is 22.0 Å². The average Bonchev–Trinajstić information content (AvgIpc) is 2.67. The molecule has 0 bridgehead atoms. The predicted molar refractivity (Wildman–Crippen MR) is 82.9 cm³/mol. The fraction of sp³-hybridized carbons (Fsp3) is 0.357. The van der Waals surface area contributed by atoms with Crippen molar-refractivity contribution in [1.82, 2.24) is 4.98 Å². The molecule has 0 radical (unpaired) electrons. The fourth-order valence-corrected chi connectivity index (χ4v) is 3.25. The number of rotatable bonds is 4. The molecule has 1 atom stereocenters. The number of benzene rings is 1. The van der Waals surface area contributed by atoms with Crippen LogP contribution in [0.25, 0.3) is 0 Å². The maximum Gasteiger partial charge on any atom is 0.124 e. The molecule has 0 saturated heterocycles. The first-order valence-corrected chi connectivity index (χ1v) is 7.64. The first-order chi connectivity index (χ1) is 9.01. The molecule has 0 aliphatic rings. The van der Waals surface area contributed by atoms with Crippen LogP contribution in [0.3, 0.4) is 0 Å². The SMILES string of the molecule is COc1cc(Br)ccc1C(N)Cc1nc(C)c(C)s1. The van der Waals surface area contributed by atoms with Crippen LogP contribution in [0.4, 0.5) is 0 Å². The van der Waals surface area contributed by atoms with Gasteiger partial charge < -0.3 is 10.5 Å². The molecule has 0 amide bonds. The Morgan fingerprint density at radius 3 is 2.74 bits per heavy atom. The Balaban J connectivity index is 2.22. The van der Waals surface area contributed by atoms with Crippen LogP contribution in [-0.4, -0.2) is 12.1 Å². The second kappa shape index (κ2) is 6.03. The Labute approximate surface area is 125 Å². The summed E-state index contributed by atoms with van der Waals surface area (Å²) in [6.07, 6.45) is 0.733. The third kappa shape index (κ3) is 3.35. The number of hydrogen-bond donors (Lipinski definition) is 1. The number of hydrogen-bond acceptors (Lipinski definition) is 4. The maximum absolute atomic E-state index is 6.28. The topological polar surface area (TPSA) is 48.1 Å². The van der Waals surface area contributed by atoms with Crippen molar-refractivity contribution < 1.29 is 4.74 Å². The van der Waals surface area contributed by atoms with Crippen molar-refractivity contribution in [2.24, 2.45) is 5.73 Å². The molecule has 2 N–H and O–H groups in total. The van der Waals surface area contributed by atoms with Gasteiger partial charge in [0.25, 0.3) is 0 Å². The van der Waals surface area contributed by atoms with Gasteiger partial charge in [-0.15, -0.1) is 11.3 Å². The molecular formula is C14H17BrN2OS. The molecule has 2 rings (SSSR count). The van der Waals surface area contributed by atoms with E-state index in [4.69, 9.17) is 10.5 Å². The van der Waals surface area contributed by atoms with Crippen molar-refractivity contribution in [3.05, 3.63) is 43.8 Å². The van der Waals surface area contributed by atoms with Crippen molar-refractivity contribution in [2.75, 3.05) is 7.11 Å². The van der Waals surface area contributed by atoms with E-state index in [9.17, 15) is 0 Å². The van der Waals surface area contributed by atoms with Crippen LogP contribution < -0.4 is 10.5 Å². The maximum atomic E-state index is 6.28. The van der Waals surface area contributed by atoms with E-state index in [-0.39, 0.29) is 6.04 Å². The van der Waals surface area contributed by atoms with E-state index in [1.54, 1.807) is 18.4 Å². The number of nitrogens with two attached hydrogens (primary N) is 1.